The summed E-state index contributed by atoms with van der Waals surface area (Å²) in [6.07, 6.45) is 10.6. The first-order valence-electron chi connectivity index (χ1n) is 12.7. The number of halogens is 2. The highest BCUT2D eigenvalue weighted by atomic mass is 35.5. The van der Waals surface area contributed by atoms with Crippen molar-refractivity contribution in [2.45, 2.75) is 63.5 Å². The number of piperidine rings is 1. The van der Waals surface area contributed by atoms with E-state index in [0.717, 1.165) is 72.2 Å². The van der Waals surface area contributed by atoms with Crippen molar-refractivity contribution in [2.24, 2.45) is 0 Å². The van der Waals surface area contributed by atoms with Gasteiger partial charge in [0.25, 0.3) is 0 Å². The molecule has 0 radical (unpaired) electrons. The van der Waals surface area contributed by atoms with Crippen molar-refractivity contribution in [3.63, 3.8) is 0 Å². The van der Waals surface area contributed by atoms with E-state index in [1.54, 1.807) is 6.20 Å². The molecule has 0 atom stereocenters. The Morgan fingerprint density at radius 1 is 0.972 bits per heavy atom. The zero-order valence-electron chi connectivity index (χ0n) is 20.6. The molecule has 36 heavy (non-hydrogen) atoms. The van der Waals surface area contributed by atoms with Gasteiger partial charge in [0, 0.05) is 11.2 Å². The molecule has 3 aromatic rings. The first-order valence-corrected chi connectivity index (χ1v) is 13.5. The molecule has 6 rings (SSSR count). The van der Waals surface area contributed by atoms with Crippen LogP contribution in [-0.2, 0) is 0 Å². The number of nitrogens with one attached hydrogen (secondary N) is 2. The van der Waals surface area contributed by atoms with E-state index >= 15 is 0 Å². The maximum atomic E-state index is 6.81. The molecule has 2 aromatic heterocycles. The molecule has 3 heterocycles. The number of likely N-dealkylation sites (tertiary alicyclic amines) is 1. The third-order valence-corrected chi connectivity index (χ3v) is 7.76. The topological polar surface area (TPSA) is 80.1 Å². The lowest BCUT2D eigenvalue weighted by molar-refractivity contribution is 0.254. The lowest BCUT2D eigenvalue weighted by Gasteiger charge is -2.30. The van der Waals surface area contributed by atoms with Gasteiger partial charge < -0.3 is 20.3 Å². The molecule has 2 saturated carbocycles. The third kappa shape index (κ3) is 5.26. The second kappa shape index (κ2) is 9.72. The van der Waals surface area contributed by atoms with Crippen LogP contribution in [0.4, 0.5) is 23.1 Å². The molecule has 2 aliphatic carbocycles. The third-order valence-electron chi connectivity index (χ3n) is 7.16. The zero-order chi connectivity index (χ0) is 24.8. The molecule has 8 nitrogen and oxygen atoms in total. The first-order chi connectivity index (χ1) is 17.4. The molecule has 190 valence electrons. The van der Waals surface area contributed by atoms with Crippen LogP contribution in [0.3, 0.4) is 0 Å². The summed E-state index contributed by atoms with van der Waals surface area (Å²) in [7, 11) is 2.17. The molecular weight excluding hydrogens is 497 g/mol. The van der Waals surface area contributed by atoms with Crippen molar-refractivity contribution in [3.8, 4) is 5.75 Å². The van der Waals surface area contributed by atoms with E-state index in [1.165, 1.54) is 12.8 Å². The van der Waals surface area contributed by atoms with Gasteiger partial charge in [-0.2, -0.15) is 10.1 Å². The number of benzene rings is 1. The van der Waals surface area contributed by atoms with Crippen LogP contribution in [0.15, 0.2) is 24.5 Å². The minimum Gasteiger partial charge on any atom is -0.488 e. The highest BCUT2D eigenvalue weighted by Crippen LogP contribution is 2.42. The lowest BCUT2D eigenvalue weighted by atomic mass is 9.89. The van der Waals surface area contributed by atoms with Crippen LogP contribution in [0.25, 0.3) is 0 Å². The fraction of sp³-hybridized carbons (Fsp3) is 0.500. The lowest BCUT2D eigenvalue weighted by Crippen LogP contribution is -2.29. The smallest absolute Gasteiger partial charge is 0.229 e. The van der Waals surface area contributed by atoms with E-state index in [4.69, 9.17) is 27.9 Å². The molecular formula is C26H31Cl2N7O. The average Bonchev–Trinajstić information content (AvgIpc) is 3.78. The number of hydrogen-bond acceptors (Lipinski definition) is 7. The van der Waals surface area contributed by atoms with Crippen LogP contribution >= 0.6 is 23.2 Å². The highest BCUT2D eigenvalue weighted by molar-refractivity contribution is 6.33. The Morgan fingerprint density at radius 3 is 2.47 bits per heavy atom. The van der Waals surface area contributed by atoms with Crippen LogP contribution in [0.1, 0.15) is 61.7 Å². The molecule has 1 aromatic carbocycles. The Morgan fingerprint density at radius 2 is 1.75 bits per heavy atom. The fourth-order valence-corrected chi connectivity index (χ4v) is 5.11. The van der Waals surface area contributed by atoms with Gasteiger partial charge in [0.1, 0.15) is 10.8 Å². The number of anilines is 4. The fourth-order valence-electron chi connectivity index (χ4n) is 4.66. The van der Waals surface area contributed by atoms with Gasteiger partial charge >= 0.3 is 0 Å². The summed E-state index contributed by atoms with van der Waals surface area (Å²) in [4.78, 5) is 11.4. The Hall–Kier alpha value is -2.55. The van der Waals surface area contributed by atoms with Crippen LogP contribution in [0.5, 0.6) is 5.75 Å². The van der Waals surface area contributed by atoms with Gasteiger partial charge in [-0.3, -0.25) is 4.68 Å². The SMILES string of the molecule is Cc1nn(C2CC2)cc1Nc1nc(Nc2cc(Cl)c(C3CCN(C)CC3)cc2OC2CC2)ncc1Cl. The first kappa shape index (κ1) is 23.8. The van der Waals surface area contributed by atoms with E-state index in [1.807, 2.05) is 23.9 Å². The quantitative estimate of drug-likeness (QED) is 0.347. The minimum absolute atomic E-state index is 0.256. The largest absolute Gasteiger partial charge is 0.488 e. The second-order valence-corrected chi connectivity index (χ2v) is 11.1. The van der Waals surface area contributed by atoms with Gasteiger partial charge in [-0.25, -0.2) is 4.98 Å². The van der Waals surface area contributed by atoms with Crippen LogP contribution < -0.4 is 15.4 Å². The van der Waals surface area contributed by atoms with Gasteiger partial charge in [0.15, 0.2) is 5.82 Å². The van der Waals surface area contributed by atoms with E-state index in [-0.39, 0.29) is 6.10 Å². The molecule has 0 spiro atoms. The van der Waals surface area contributed by atoms with Gasteiger partial charge in [-0.05, 0) is 89.2 Å². The summed E-state index contributed by atoms with van der Waals surface area (Å²) >= 11 is 13.3. The predicted octanol–water partition coefficient (Wildman–Crippen LogP) is 6.46. The van der Waals surface area contributed by atoms with E-state index < -0.39 is 0 Å². The van der Waals surface area contributed by atoms with Crippen molar-refractivity contribution in [1.29, 1.82) is 0 Å². The summed E-state index contributed by atoms with van der Waals surface area (Å²) in [5.74, 6) is 2.17. The number of hydrogen-bond donors (Lipinski definition) is 2. The van der Waals surface area contributed by atoms with Crippen molar-refractivity contribution in [3.05, 3.63) is 45.8 Å². The van der Waals surface area contributed by atoms with Crippen molar-refractivity contribution < 1.29 is 4.74 Å². The predicted molar refractivity (Wildman–Crippen MR) is 143 cm³/mol. The van der Waals surface area contributed by atoms with Gasteiger partial charge in [-0.1, -0.05) is 23.2 Å². The molecule has 0 amide bonds. The van der Waals surface area contributed by atoms with Crippen LogP contribution in [0.2, 0.25) is 10.0 Å². The van der Waals surface area contributed by atoms with Crippen molar-refractivity contribution >= 4 is 46.3 Å². The molecule has 0 unspecified atom stereocenters. The number of aromatic nitrogens is 4. The molecule has 10 heteroatoms. The Balaban J connectivity index is 1.25. The standard InChI is InChI=1S/C26H31Cl2N7O/c1-15-23(14-35(33-15)17-3-4-17)30-25-21(28)13-29-26(32-25)31-22-12-20(27)19(11-24(22)36-18-5-6-18)16-7-9-34(2)10-8-16/h11-14,16-18H,3-10H2,1-2H3,(H2,29,30,31,32). The summed E-state index contributed by atoms with van der Waals surface area (Å²) in [5, 5.41) is 12.4. The van der Waals surface area contributed by atoms with E-state index in [9.17, 15) is 0 Å². The number of aryl methyl sites for hydroxylation is 1. The summed E-state index contributed by atoms with van der Waals surface area (Å²) in [6, 6.07) is 4.57. The second-order valence-electron chi connectivity index (χ2n) is 10.2. The van der Waals surface area contributed by atoms with Crippen LogP contribution in [-0.4, -0.2) is 50.9 Å². The maximum absolute atomic E-state index is 6.81. The monoisotopic (exact) mass is 527 g/mol. The Kier molecular flexibility index (Phi) is 6.44. The van der Waals surface area contributed by atoms with Crippen LogP contribution in [0, 0.1) is 6.92 Å². The molecule has 1 aliphatic heterocycles. The van der Waals surface area contributed by atoms with E-state index in [2.05, 4.69) is 43.7 Å². The minimum atomic E-state index is 0.256. The average molecular weight is 528 g/mol. The Bertz CT molecular complexity index is 1260. The summed E-state index contributed by atoms with van der Waals surface area (Å²) in [5.41, 5.74) is 3.71. The van der Waals surface area contributed by atoms with Gasteiger partial charge in [0.2, 0.25) is 5.95 Å². The summed E-state index contributed by atoms with van der Waals surface area (Å²) in [6.45, 7) is 4.13. The molecule has 3 aliphatic rings. The molecule has 2 N–H and O–H groups in total. The highest BCUT2D eigenvalue weighted by Gasteiger charge is 2.28. The van der Waals surface area contributed by atoms with Crippen molar-refractivity contribution in [1.82, 2.24) is 24.6 Å². The number of nitrogens with zero attached hydrogens (tertiary/aromatic N) is 5. The zero-order valence-corrected chi connectivity index (χ0v) is 22.1. The maximum Gasteiger partial charge on any atom is 0.229 e. The molecule has 3 fully saturated rings. The van der Waals surface area contributed by atoms with Crippen molar-refractivity contribution in [2.75, 3.05) is 30.8 Å². The normalized spacial score (nSPS) is 18.9. The molecule has 1 saturated heterocycles. The summed E-state index contributed by atoms with van der Waals surface area (Å²) < 4.78 is 8.31. The van der Waals surface area contributed by atoms with Gasteiger partial charge in [-0.15, -0.1) is 0 Å². The number of ether oxygens (including phenoxy) is 1. The van der Waals surface area contributed by atoms with Gasteiger partial charge in [0.05, 0.1) is 35.4 Å². The molecule has 0 bridgehead atoms. The number of rotatable bonds is 8. The van der Waals surface area contributed by atoms with E-state index in [0.29, 0.717) is 28.7 Å². The Labute approximate surface area is 221 Å².